The van der Waals surface area contributed by atoms with E-state index in [4.69, 9.17) is 5.73 Å². The fourth-order valence-corrected chi connectivity index (χ4v) is 1.85. The van der Waals surface area contributed by atoms with Gasteiger partial charge in [0.05, 0.1) is 4.47 Å². The van der Waals surface area contributed by atoms with Crippen molar-refractivity contribution in [1.29, 1.82) is 0 Å². The summed E-state index contributed by atoms with van der Waals surface area (Å²) in [7, 11) is 0. The van der Waals surface area contributed by atoms with E-state index in [1.54, 1.807) is 6.07 Å². The molecule has 1 atom stereocenters. The third-order valence-corrected chi connectivity index (χ3v) is 2.78. The summed E-state index contributed by atoms with van der Waals surface area (Å²) in [4.78, 5) is 0. The molecule has 86 valence electrons. The third kappa shape index (κ3) is 4.01. The smallest absolute Gasteiger partial charge is 0.134 e. The molecule has 15 heavy (non-hydrogen) atoms. The van der Waals surface area contributed by atoms with Crippen molar-refractivity contribution in [3.8, 4) is 5.75 Å². The van der Waals surface area contributed by atoms with Crippen LogP contribution in [-0.4, -0.2) is 5.11 Å². The van der Waals surface area contributed by atoms with Gasteiger partial charge >= 0.3 is 0 Å². The summed E-state index contributed by atoms with van der Waals surface area (Å²) >= 11 is 3.28. The van der Waals surface area contributed by atoms with Crippen LogP contribution in [0.5, 0.6) is 5.75 Å². The molecule has 0 amide bonds. The first-order chi connectivity index (χ1) is 6.52. The Morgan fingerprint density at radius 3 is 2.53 bits per heavy atom. The lowest BCUT2D eigenvalue weighted by molar-refractivity contribution is 0.442. The second-order valence-electron chi connectivity index (χ2n) is 3.91. The summed E-state index contributed by atoms with van der Waals surface area (Å²) in [6.07, 6.45) is 0.879. The zero-order valence-corrected chi connectivity index (χ0v) is 11.3. The lowest BCUT2D eigenvalue weighted by atomic mass is 9.97. The van der Waals surface area contributed by atoms with E-state index in [1.807, 2.05) is 12.1 Å². The fraction of sp³-hybridized carbons (Fsp3) is 0.455. The van der Waals surface area contributed by atoms with E-state index in [9.17, 15) is 5.11 Å². The van der Waals surface area contributed by atoms with Crippen molar-refractivity contribution in [3.63, 3.8) is 0 Å². The fourth-order valence-electron chi connectivity index (χ4n) is 1.47. The highest BCUT2D eigenvalue weighted by atomic mass is 79.9. The van der Waals surface area contributed by atoms with Crippen molar-refractivity contribution < 1.29 is 5.11 Å². The van der Waals surface area contributed by atoms with Gasteiger partial charge in [0, 0.05) is 11.6 Å². The predicted octanol–water partition coefficient (Wildman–Crippen LogP) is 3.62. The molecule has 0 aliphatic rings. The van der Waals surface area contributed by atoms with Crippen LogP contribution in [0, 0.1) is 5.92 Å². The normalized spacial score (nSPS) is 12.3. The van der Waals surface area contributed by atoms with Gasteiger partial charge in [-0.15, -0.1) is 12.4 Å². The Kier molecular flexibility index (Phi) is 6.25. The average molecular weight is 295 g/mol. The second kappa shape index (κ2) is 6.36. The second-order valence-corrected chi connectivity index (χ2v) is 4.77. The van der Waals surface area contributed by atoms with E-state index in [2.05, 4.69) is 29.8 Å². The average Bonchev–Trinajstić information content (AvgIpc) is 2.08. The van der Waals surface area contributed by atoms with Crippen LogP contribution >= 0.6 is 28.3 Å². The first-order valence-corrected chi connectivity index (χ1v) is 5.54. The Morgan fingerprint density at radius 1 is 1.40 bits per heavy atom. The third-order valence-electron chi connectivity index (χ3n) is 2.14. The van der Waals surface area contributed by atoms with Crippen LogP contribution in [0.4, 0.5) is 0 Å². The van der Waals surface area contributed by atoms with Crippen LogP contribution in [0.25, 0.3) is 0 Å². The molecule has 0 unspecified atom stereocenters. The summed E-state index contributed by atoms with van der Waals surface area (Å²) in [5, 5.41) is 9.75. The Balaban J connectivity index is 0.00000196. The highest BCUT2D eigenvalue weighted by Crippen LogP contribution is 2.32. The van der Waals surface area contributed by atoms with Crippen molar-refractivity contribution in [2.24, 2.45) is 11.7 Å². The van der Waals surface area contributed by atoms with Crippen molar-refractivity contribution in [1.82, 2.24) is 0 Å². The Labute approximate surface area is 105 Å². The lowest BCUT2D eigenvalue weighted by Gasteiger charge is -2.16. The molecule has 0 saturated carbocycles. The molecule has 0 spiro atoms. The number of phenolic OH excluding ortho intramolecular Hbond substituents is 1. The van der Waals surface area contributed by atoms with Gasteiger partial charge in [-0.2, -0.15) is 0 Å². The number of hydrogen-bond donors (Lipinski definition) is 2. The standard InChI is InChI=1S/C11H16BrNO.ClH/c1-7(2)6-10(13)8-4-3-5-9(12)11(8)14;/h3-5,7,10,14H,6,13H2,1-2H3;1H/t10-;/m1./s1. The molecular weight excluding hydrogens is 277 g/mol. The van der Waals surface area contributed by atoms with Crippen LogP contribution in [0.2, 0.25) is 0 Å². The first-order valence-electron chi connectivity index (χ1n) is 4.75. The van der Waals surface area contributed by atoms with E-state index in [0.29, 0.717) is 10.4 Å². The number of para-hydroxylation sites is 1. The number of phenols is 1. The molecule has 4 heteroatoms. The first kappa shape index (κ1) is 14.8. The van der Waals surface area contributed by atoms with Crippen LogP contribution in [-0.2, 0) is 0 Å². The van der Waals surface area contributed by atoms with E-state index in [-0.39, 0.29) is 24.2 Å². The largest absolute Gasteiger partial charge is 0.506 e. The number of rotatable bonds is 3. The molecular formula is C11H17BrClNO. The molecule has 1 rings (SSSR count). The van der Waals surface area contributed by atoms with Gasteiger partial charge in [-0.05, 0) is 34.3 Å². The maximum absolute atomic E-state index is 9.75. The van der Waals surface area contributed by atoms with Crippen molar-refractivity contribution in [2.45, 2.75) is 26.3 Å². The molecule has 1 aromatic carbocycles. The zero-order chi connectivity index (χ0) is 10.7. The van der Waals surface area contributed by atoms with Gasteiger partial charge in [0.25, 0.3) is 0 Å². The van der Waals surface area contributed by atoms with Crippen molar-refractivity contribution >= 4 is 28.3 Å². The highest BCUT2D eigenvalue weighted by molar-refractivity contribution is 9.10. The van der Waals surface area contributed by atoms with Crippen LogP contribution in [0.1, 0.15) is 31.9 Å². The quantitative estimate of drug-likeness (QED) is 0.894. The van der Waals surface area contributed by atoms with Gasteiger partial charge < -0.3 is 10.8 Å². The minimum Gasteiger partial charge on any atom is -0.506 e. The molecule has 0 saturated heterocycles. The number of benzene rings is 1. The Bertz CT molecular complexity index is 317. The van der Waals surface area contributed by atoms with Gasteiger partial charge in [0.1, 0.15) is 5.75 Å². The monoisotopic (exact) mass is 293 g/mol. The molecule has 1 aromatic rings. The summed E-state index contributed by atoms with van der Waals surface area (Å²) in [6, 6.07) is 5.47. The lowest BCUT2D eigenvalue weighted by Crippen LogP contribution is -2.13. The molecule has 0 radical (unpaired) electrons. The van der Waals surface area contributed by atoms with Crippen LogP contribution in [0.3, 0.4) is 0 Å². The van der Waals surface area contributed by atoms with E-state index in [1.165, 1.54) is 0 Å². The SMILES string of the molecule is CC(C)C[C@@H](N)c1cccc(Br)c1O.Cl. The topological polar surface area (TPSA) is 46.2 Å². The molecule has 0 aromatic heterocycles. The number of hydrogen-bond acceptors (Lipinski definition) is 2. The Hall–Kier alpha value is -0.250. The predicted molar refractivity (Wildman–Crippen MR) is 69.4 cm³/mol. The molecule has 0 aliphatic carbocycles. The molecule has 3 N–H and O–H groups in total. The number of halogens is 2. The molecule has 0 bridgehead atoms. The van der Waals surface area contributed by atoms with Crippen LogP contribution < -0.4 is 5.73 Å². The zero-order valence-electron chi connectivity index (χ0n) is 8.90. The minimum atomic E-state index is -0.0903. The van der Waals surface area contributed by atoms with Gasteiger partial charge in [-0.25, -0.2) is 0 Å². The van der Waals surface area contributed by atoms with Crippen molar-refractivity contribution in [2.75, 3.05) is 0 Å². The van der Waals surface area contributed by atoms with Crippen molar-refractivity contribution in [3.05, 3.63) is 28.2 Å². The number of nitrogens with two attached hydrogens (primary N) is 1. The van der Waals surface area contributed by atoms with Gasteiger partial charge in [0.2, 0.25) is 0 Å². The molecule has 2 nitrogen and oxygen atoms in total. The van der Waals surface area contributed by atoms with E-state index >= 15 is 0 Å². The van der Waals surface area contributed by atoms with Gasteiger partial charge in [0.15, 0.2) is 0 Å². The summed E-state index contributed by atoms with van der Waals surface area (Å²) in [5.74, 6) is 0.795. The van der Waals surface area contributed by atoms with E-state index < -0.39 is 0 Å². The Morgan fingerprint density at radius 2 is 2.00 bits per heavy atom. The van der Waals surface area contributed by atoms with Gasteiger partial charge in [-0.1, -0.05) is 26.0 Å². The summed E-state index contributed by atoms with van der Waals surface area (Å²) in [6.45, 7) is 4.24. The highest BCUT2D eigenvalue weighted by Gasteiger charge is 2.13. The molecule has 0 heterocycles. The maximum Gasteiger partial charge on any atom is 0.134 e. The summed E-state index contributed by atoms with van der Waals surface area (Å²) < 4.78 is 0.703. The minimum absolute atomic E-state index is 0. The van der Waals surface area contributed by atoms with Gasteiger partial charge in [-0.3, -0.25) is 0 Å². The maximum atomic E-state index is 9.75. The van der Waals surface area contributed by atoms with E-state index in [0.717, 1.165) is 12.0 Å². The summed E-state index contributed by atoms with van der Waals surface area (Å²) in [5.41, 5.74) is 6.80. The number of aromatic hydroxyl groups is 1. The molecule has 0 aliphatic heterocycles. The van der Waals surface area contributed by atoms with Crippen LogP contribution in [0.15, 0.2) is 22.7 Å². The molecule has 0 fully saturated rings.